The fourth-order valence-electron chi connectivity index (χ4n) is 1.40. The van der Waals surface area contributed by atoms with Gasteiger partial charge >= 0.3 is 0 Å². The molecule has 0 saturated heterocycles. The summed E-state index contributed by atoms with van der Waals surface area (Å²) in [7, 11) is 0. The van der Waals surface area contributed by atoms with Crippen LogP contribution in [0, 0.1) is 23.3 Å². The first kappa shape index (κ1) is 14.3. The summed E-state index contributed by atoms with van der Waals surface area (Å²) < 4.78 is 52.6. The SMILES string of the molecule is O=C(Nc1c(F)c(F)cc(F)c1F)c1cccc(Cl)n1. The predicted octanol–water partition coefficient (Wildman–Crippen LogP) is 3.54. The molecule has 104 valence electrons. The van der Waals surface area contributed by atoms with E-state index in [0.717, 1.165) is 0 Å². The molecule has 1 heterocycles. The third-order valence-electron chi connectivity index (χ3n) is 2.30. The van der Waals surface area contributed by atoms with Crippen LogP contribution in [-0.4, -0.2) is 10.9 Å². The summed E-state index contributed by atoms with van der Waals surface area (Å²) in [5, 5.41) is 1.69. The third-order valence-corrected chi connectivity index (χ3v) is 2.51. The van der Waals surface area contributed by atoms with Gasteiger partial charge in [-0.3, -0.25) is 4.79 Å². The number of benzene rings is 1. The maximum absolute atomic E-state index is 13.4. The minimum absolute atomic E-state index is 0.0241. The van der Waals surface area contributed by atoms with E-state index in [4.69, 9.17) is 11.6 Å². The second-order valence-corrected chi connectivity index (χ2v) is 4.03. The number of anilines is 1. The molecule has 1 amide bonds. The molecule has 2 aromatic rings. The molecule has 0 saturated carbocycles. The van der Waals surface area contributed by atoms with Crippen LogP contribution in [0.3, 0.4) is 0 Å². The lowest BCUT2D eigenvalue weighted by atomic mass is 10.2. The van der Waals surface area contributed by atoms with E-state index in [9.17, 15) is 22.4 Å². The Bertz CT molecular complexity index is 667. The second-order valence-electron chi connectivity index (χ2n) is 3.64. The van der Waals surface area contributed by atoms with Crippen molar-refractivity contribution in [2.24, 2.45) is 0 Å². The van der Waals surface area contributed by atoms with Crippen LogP contribution in [0.4, 0.5) is 23.2 Å². The summed E-state index contributed by atoms with van der Waals surface area (Å²) in [5.41, 5.74) is -1.49. The maximum atomic E-state index is 13.4. The number of halogens is 5. The molecule has 1 aromatic heterocycles. The second kappa shape index (κ2) is 5.46. The van der Waals surface area contributed by atoms with E-state index in [1.165, 1.54) is 18.2 Å². The van der Waals surface area contributed by atoms with Crippen LogP contribution < -0.4 is 5.32 Å². The van der Waals surface area contributed by atoms with Gasteiger partial charge in [-0.25, -0.2) is 22.5 Å². The first-order valence-electron chi connectivity index (χ1n) is 5.17. The summed E-state index contributed by atoms with van der Waals surface area (Å²) >= 11 is 5.55. The molecule has 0 bridgehead atoms. The van der Waals surface area contributed by atoms with Gasteiger partial charge in [-0.05, 0) is 12.1 Å². The van der Waals surface area contributed by atoms with E-state index in [0.29, 0.717) is 0 Å². The van der Waals surface area contributed by atoms with Gasteiger partial charge in [-0.15, -0.1) is 0 Å². The van der Waals surface area contributed by atoms with Gasteiger partial charge in [0, 0.05) is 6.07 Å². The van der Waals surface area contributed by atoms with Crippen LogP contribution in [0.15, 0.2) is 24.3 Å². The van der Waals surface area contributed by atoms with Gasteiger partial charge in [0.25, 0.3) is 5.91 Å². The number of hydrogen-bond donors (Lipinski definition) is 1. The molecule has 8 heteroatoms. The molecule has 0 atom stereocenters. The van der Waals surface area contributed by atoms with Crippen LogP contribution in [0.25, 0.3) is 0 Å². The van der Waals surface area contributed by atoms with E-state index in [1.54, 1.807) is 5.32 Å². The van der Waals surface area contributed by atoms with E-state index in [2.05, 4.69) is 4.98 Å². The highest BCUT2D eigenvalue weighted by atomic mass is 35.5. The summed E-state index contributed by atoms with van der Waals surface area (Å²) in [6, 6.07) is 4.01. The maximum Gasteiger partial charge on any atom is 0.274 e. The number of aromatic nitrogens is 1. The summed E-state index contributed by atoms with van der Waals surface area (Å²) in [6.45, 7) is 0. The van der Waals surface area contributed by atoms with E-state index in [-0.39, 0.29) is 16.9 Å². The van der Waals surface area contributed by atoms with Gasteiger partial charge in [0.05, 0.1) is 0 Å². The number of pyridine rings is 1. The van der Waals surface area contributed by atoms with Crippen LogP contribution in [0.5, 0.6) is 0 Å². The normalized spacial score (nSPS) is 10.4. The molecule has 0 radical (unpaired) electrons. The van der Waals surface area contributed by atoms with Crippen molar-refractivity contribution in [2.75, 3.05) is 5.32 Å². The molecular weight excluding hydrogens is 300 g/mol. The molecule has 1 N–H and O–H groups in total. The largest absolute Gasteiger partial charge is 0.316 e. The predicted molar refractivity (Wildman–Crippen MR) is 63.5 cm³/mol. The zero-order chi connectivity index (χ0) is 14.9. The van der Waals surface area contributed by atoms with Crippen LogP contribution in [0.1, 0.15) is 10.5 Å². The zero-order valence-corrected chi connectivity index (χ0v) is 10.3. The monoisotopic (exact) mass is 304 g/mol. The van der Waals surface area contributed by atoms with Gasteiger partial charge in [0.1, 0.15) is 16.5 Å². The molecule has 3 nitrogen and oxygen atoms in total. The standard InChI is InChI=1S/C12H5ClF4N2O/c13-8-3-1-2-7(18-8)12(20)19-11-9(16)5(14)4-6(15)10(11)17/h1-4H,(H,19,20). The Morgan fingerprint density at radius 1 is 1.10 bits per heavy atom. The van der Waals surface area contributed by atoms with Crippen molar-refractivity contribution < 1.29 is 22.4 Å². The Labute approximate surface area is 115 Å². The molecule has 0 aliphatic carbocycles. The van der Waals surface area contributed by atoms with E-state index in [1.807, 2.05) is 0 Å². The smallest absolute Gasteiger partial charge is 0.274 e. The molecular formula is C12H5ClF4N2O. The van der Waals surface area contributed by atoms with Crippen molar-refractivity contribution in [3.8, 4) is 0 Å². The number of nitrogens with zero attached hydrogens (tertiary/aromatic N) is 1. The highest BCUT2D eigenvalue weighted by Crippen LogP contribution is 2.24. The van der Waals surface area contributed by atoms with Crippen molar-refractivity contribution in [3.05, 3.63) is 58.4 Å². The Hall–Kier alpha value is -2.15. The third kappa shape index (κ3) is 2.72. The number of carbonyl (C=O) groups excluding carboxylic acids is 1. The van der Waals surface area contributed by atoms with Crippen molar-refractivity contribution >= 4 is 23.2 Å². The van der Waals surface area contributed by atoms with Gasteiger partial charge in [0.2, 0.25) is 0 Å². The van der Waals surface area contributed by atoms with Crippen LogP contribution >= 0.6 is 11.6 Å². The summed E-state index contributed by atoms with van der Waals surface area (Å²) in [5.74, 6) is -7.73. The van der Waals surface area contributed by atoms with Gasteiger partial charge in [-0.2, -0.15) is 0 Å². The molecule has 0 fully saturated rings. The Morgan fingerprint density at radius 2 is 1.70 bits per heavy atom. The van der Waals surface area contributed by atoms with E-state index < -0.39 is 34.9 Å². The highest BCUT2D eigenvalue weighted by molar-refractivity contribution is 6.29. The van der Waals surface area contributed by atoms with Crippen molar-refractivity contribution in [1.29, 1.82) is 0 Å². The molecule has 0 spiro atoms. The van der Waals surface area contributed by atoms with E-state index >= 15 is 0 Å². The molecule has 0 unspecified atom stereocenters. The molecule has 1 aromatic carbocycles. The minimum atomic E-state index is -1.71. The average molecular weight is 305 g/mol. The highest BCUT2D eigenvalue weighted by Gasteiger charge is 2.21. The van der Waals surface area contributed by atoms with Gasteiger partial charge in [0.15, 0.2) is 23.3 Å². The van der Waals surface area contributed by atoms with Crippen molar-refractivity contribution in [1.82, 2.24) is 4.98 Å². The minimum Gasteiger partial charge on any atom is -0.316 e. The van der Waals surface area contributed by atoms with Gasteiger partial charge in [-0.1, -0.05) is 17.7 Å². The quantitative estimate of drug-likeness (QED) is 0.524. The lowest BCUT2D eigenvalue weighted by molar-refractivity contribution is 0.102. The Morgan fingerprint density at radius 3 is 2.25 bits per heavy atom. The number of nitrogens with one attached hydrogen (secondary N) is 1. The molecule has 2 rings (SSSR count). The van der Waals surface area contributed by atoms with Crippen LogP contribution in [0.2, 0.25) is 5.15 Å². The molecule has 0 aliphatic heterocycles. The van der Waals surface area contributed by atoms with Crippen LogP contribution in [-0.2, 0) is 0 Å². The summed E-state index contributed by atoms with van der Waals surface area (Å²) in [4.78, 5) is 15.3. The lowest BCUT2D eigenvalue weighted by Crippen LogP contribution is -2.17. The molecule has 20 heavy (non-hydrogen) atoms. The zero-order valence-electron chi connectivity index (χ0n) is 9.55. The fourth-order valence-corrected chi connectivity index (χ4v) is 1.56. The summed E-state index contributed by atoms with van der Waals surface area (Å²) in [6.07, 6.45) is 0. The Kier molecular flexibility index (Phi) is 3.89. The number of hydrogen-bond acceptors (Lipinski definition) is 2. The number of carbonyl (C=O) groups is 1. The lowest BCUT2D eigenvalue weighted by Gasteiger charge is -2.08. The van der Waals surface area contributed by atoms with Crippen molar-refractivity contribution in [2.45, 2.75) is 0 Å². The number of amides is 1. The fraction of sp³-hybridized carbons (Fsp3) is 0. The number of rotatable bonds is 2. The first-order chi connectivity index (χ1) is 9.40. The average Bonchev–Trinajstić information content (AvgIpc) is 2.41. The van der Waals surface area contributed by atoms with Gasteiger partial charge < -0.3 is 5.32 Å². The molecule has 0 aliphatic rings. The van der Waals surface area contributed by atoms with Crippen molar-refractivity contribution in [3.63, 3.8) is 0 Å². The first-order valence-corrected chi connectivity index (χ1v) is 5.55. The Balaban J connectivity index is 2.38. The topological polar surface area (TPSA) is 42.0 Å².